The molecule has 4 rings (SSSR count). The second-order valence-electron chi connectivity index (χ2n) is 9.76. The van der Waals surface area contributed by atoms with Gasteiger partial charge in [-0.2, -0.15) is 0 Å². The van der Waals surface area contributed by atoms with Crippen molar-refractivity contribution in [2.75, 3.05) is 9.80 Å². The molecule has 0 spiro atoms. The van der Waals surface area contributed by atoms with Gasteiger partial charge in [0.1, 0.15) is 5.57 Å². The number of nitrogens with one attached hydrogen (secondary N) is 1. The number of fused-ring (bicyclic) bond motifs is 1. The van der Waals surface area contributed by atoms with Crippen LogP contribution in [0, 0.1) is 0 Å². The summed E-state index contributed by atoms with van der Waals surface area (Å²) in [6.07, 6.45) is 2.51. The highest BCUT2D eigenvalue weighted by atomic mass is 35.5. The lowest BCUT2D eigenvalue weighted by Crippen LogP contribution is -2.54. The number of carbonyl (C=O) groups is 3. The first-order chi connectivity index (χ1) is 15.9. The fraction of sp³-hybridized carbons (Fsp3) is 0.346. The number of imide groups is 2. The average molecular weight is 500 g/mol. The van der Waals surface area contributed by atoms with E-state index in [1.165, 1.54) is 29.8 Å². The molecule has 2 aliphatic rings. The fourth-order valence-corrected chi connectivity index (χ4v) is 5.51. The molecule has 4 amide bonds. The van der Waals surface area contributed by atoms with Crippen LogP contribution in [0.2, 0.25) is 10.0 Å². The second kappa shape index (κ2) is 8.75. The number of barbiturate groups is 1. The van der Waals surface area contributed by atoms with Crippen molar-refractivity contribution >= 4 is 58.5 Å². The van der Waals surface area contributed by atoms with Crippen LogP contribution in [0.5, 0.6) is 0 Å². The van der Waals surface area contributed by atoms with Crippen molar-refractivity contribution in [2.24, 2.45) is 0 Å². The number of carbonyl (C=O) groups excluding carboxylic acids is 3. The zero-order valence-corrected chi connectivity index (χ0v) is 21.3. The predicted octanol–water partition coefficient (Wildman–Crippen LogP) is 6.16. The van der Waals surface area contributed by atoms with Gasteiger partial charge in [0.2, 0.25) is 0 Å². The Kier molecular flexibility index (Phi) is 6.25. The smallest absolute Gasteiger partial charge is 0.335 e. The first-order valence-corrected chi connectivity index (χ1v) is 12.0. The third-order valence-electron chi connectivity index (χ3n) is 6.39. The summed E-state index contributed by atoms with van der Waals surface area (Å²) in [5.74, 6) is -1.15. The number of benzene rings is 2. The molecule has 0 unspecified atom stereocenters. The van der Waals surface area contributed by atoms with Gasteiger partial charge in [-0.05, 0) is 87.6 Å². The van der Waals surface area contributed by atoms with Crippen LogP contribution in [-0.2, 0) is 9.59 Å². The first-order valence-electron chi connectivity index (χ1n) is 11.2. The molecule has 1 atom stereocenters. The van der Waals surface area contributed by atoms with Crippen LogP contribution in [0.1, 0.15) is 58.1 Å². The monoisotopic (exact) mass is 499 g/mol. The highest BCUT2D eigenvalue weighted by Gasteiger charge is 2.39. The molecule has 0 saturated carbocycles. The summed E-state index contributed by atoms with van der Waals surface area (Å²) >= 11 is 12.0. The van der Waals surface area contributed by atoms with Crippen LogP contribution in [0.25, 0.3) is 6.08 Å². The molecular formula is C26H27Cl2N3O3. The van der Waals surface area contributed by atoms with E-state index in [0.717, 1.165) is 22.6 Å². The minimum Gasteiger partial charge on any atom is -0.364 e. The molecule has 0 aliphatic carbocycles. The van der Waals surface area contributed by atoms with Crippen molar-refractivity contribution in [3.63, 3.8) is 0 Å². The van der Waals surface area contributed by atoms with Crippen LogP contribution in [0.4, 0.5) is 16.2 Å². The molecule has 0 bridgehead atoms. The highest BCUT2D eigenvalue weighted by molar-refractivity contribution is 6.43. The first kappa shape index (κ1) is 24.3. The molecule has 34 heavy (non-hydrogen) atoms. The van der Waals surface area contributed by atoms with Crippen molar-refractivity contribution in [3.8, 4) is 0 Å². The van der Waals surface area contributed by atoms with Crippen LogP contribution in [0.3, 0.4) is 0 Å². The summed E-state index contributed by atoms with van der Waals surface area (Å²) in [4.78, 5) is 41.6. The maximum atomic E-state index is 13.2. The number of halogens is 2. The van der Waals surface area contributed by atoms with Gasteiger partial charge in [0.05, 0.1) is 15.7 Å². The van der Waals surface area contributed by atoms with Crippen molar-refractivity contribution in [1.82, 2.24) is 5.32 Å². The summed E-state index contributed by atoms with van der Waals surface area (Å²) in [6.45, 7) is 11.1. The lowest BCUT2D eigenvalue weighted by Gasteiger charge is -2.50. The molecule has 178 valence electrons. The van der Waals surface area contributed by atoms with E-state index in [-0.39, 0.29) is 21.8 Å². The van der Waals surface area contributed by atoms with Crippen molar-refractivity contribution in [3.05, 3.63) is 63.1 Å². The van der Waals surface area contributed by atoms with E-state index in [2.05, 4.69) is 44.8 Å². The number of amides is 4. The molecule has 2 aliphatic heterocycles. The van der Waals surface area contributed by atoms with Crippen LogP contribution < -0.4 is 15.1 Å². The summed E-state index contributed by atoms with van der Waals surface area (Å²) in [5.41, 5.74) is 3.16. The van der Waals surface area contributed by atoms with E-state index in [0.29, 0.717) is 17.0 Å². The predicted molar refractivity (Wildman–Crippen MR) is 137 cm³/mol. The molecule has 0 radical (unpaired) electrons. The summed E-state index contributed by atoms with van der Waals surface area (Å²) < 4.78 is 0. The Hall–Kier alpha value is -2.83. The normalized spacial score (nSPS) is 21.2. The molecule has 1 saturated heterocycles. The SMILES string of the molecule is CC(C)N1c2ccc(/C=C3\C(=O)NC(=O)N(c4ccc(Cl)c(Cl)c4)C3=O)cc2[C@H](C)CC1(C)C. The second-order valence-corrected chi connectivity index (χ2v) is 10.6. The number of nitrogens with zero attached hydrogens (tertiary/aromatic N) is 2. The zero-order chi connectivity index (χ0) is 24.9. The summed E-state index contributed by atoms with van der Waals surface area (Å²) in [5, 5.41) is 2.73. The van der Waals surface area contributed by atoms with E-state index < -0.39 is 17.8 Å². The van der Waals surface area contributed by atoms with E-state index >= 15 is 0 Å². The zero-order valence-electron chi connectivity index (χ0n) is 19.8. The quantitative estimate of drug-likeness (QED) is 0.405. The Morgan fingerprint density at radius 3 is 2.41 bits per heavy atom. The van der Waals surface area contributed by atoms with E-state index in [1.807, 2.05) is 18.2 Å². The molecule has 2 heterocycles. The van der Waals surface area contributed by atoms with Gasteiger partial charge >= 0.3 is 6.03 Å². The van der Waals surface area contributed by atoms with E-state index in [1.54, 1.807) is 0 Å². The standard InChI is InChI=1S/C26H27Cl2N3O3/c1-14(2)31-22-9-6-16(10-18(22)15(3)13-26(31,4)5)11-19-23(32)29-25(34)30(24(19)33)17-7-8-20(27)21(28)12-17/h6-12,14-15H,13H2,1-5H3,(H,29,32,34)/b19-11+/t15-/m1/s1. The number of anilines is 2. The van der Waals surface area contributed by atoms with Gasteiger partial charge in [-0.25, -0.2) is 9.69 Å². The Balaban J connectivity index is 1.74. The van der Waals surface area contributed by atoms with Crippen LogP contribution in [0.15, 0.2) is 42.0 Å². The highest BCUT2D eigenvalue weighted by Crippen LogP contribution is 2.45. The number of rotatable bonds is 3. The van der Waals surface area contributed by atoms with Crippen LogP contribution >= 0.6 is 23.2 Å². The maximum absolute atomic E-state index is 13.2. The molecule has 2 aromatic carbocycles. The van der Waals surface area contributed by atoms with Gasteiger partial charge in [-0.1, -0.05) is 36.2 Å². The van der Waals surface area contributed by atoms with E-state index in [4.69, 9.17) is 23.2 Å². The van der Waals surface area contributed by atoms with Gasteiger partial charge < -0.3 is 4.90 Å². The number of hydrogen-bond donors (Lipinski definition) is 1. The van der Waals surface area contributed by atoms with E-state index in [9.17, 15) is 14.4 Å². The largest absolute Gasteiger partial charge is 0.364 e. The lowest BCUT2D eigenvalue weighted by atomic mass is 9.78. The molecule has 2 aromatic rings. The summed E-state index contributed by atoms with van der Waals surface area (Å²) in [7, 11) is 0. The molecule has 0 aromatic heterocycles. The van der Waals surface area contributed by atoms with Gasteiger partial charge in [0, 0.05) is 17.3 Å². The lowest BCUT2D eigenvalue weighted by molar-refractivity contribution is -0.122. The minimum atomic E-state index is -0.834. The Labute approximate surface area is 209 Å². The van der Waals surface area contributed by atoms with Crippen molar-refractivity contribution < 1.29 is 14.4 Å². The molecule has 1 fully saturated rings. The van der Waals surface area contributed by atoms with Gasteiger partial charge in [0.25, 0.3) is 11.8 Å². The Morgan fingerprint density at radius 1 is 1.06 bits per heavy atom. The van der Waals surface area contributed by atoms with Crippen molar-refractivity contribution in [1.29, 1.82) is 0 Å². The minimum absolute atomic E-state index is 0.0144. The maximum Gasteiger partial charge on any atom is 0.335 e. The molecule has 8 heteroatoms. The molecule has 6 nitrogen and oxygen atoms in total. The molecule has 1 N–H and O–H groups in total. The van der Waals surface area contributed by atoms with Gasteiger partial charge in [-0.15, -0.1) is 0 Å². The van der Waals surface area contributed by atoms with Gasteiger partial charge in [-0.3, -0.25) is 14.9 Å². The topological polar surface area (TPSA) is 69.7 Å². The Bertz CT molecular complexity index is 1240. The third-order valence-corrected chi connectivity index (χ3v) is 7.13. The fourth-order valence-electron chi connectivity index (χ4n) is 5.22. The van der Waals surface area contributed by atoms with Crippen molar-refractivity contribution in [2.45, 2.75) is 58.5 Å². The average Bonchev–Trinajstić information content (AvgIpc) is 2.73. The van der Waals surface area contributed by atoms with Gasteiger partial charge in [0.15, 0.2) is 0 Å². The Morgan fingerprint density at radius 2 is 1.76 bits per heavy atom. The van der Waals surface area contributed by atoms with Crippen LogP contribution in [-0.4, -0.2) is 29.4 Å². The summed E-state index contributed by atoms with van der Waals surface area (Å²) in [6, 6.07) is 9.87. The third kappa shape index (κ3) is 4.21. The number of hydrogen-bond acceptors (Lipinski definition) is 4. The number of urea groups is 1. The molecular weight excluding hydrogens is 473 g/mol.